The number of carbonyl (C=O) groups excluding carboxylic acids is 2. The highest BCUT2D eigenvalue weighted by molar-refractivity contribution is 5.82. The highest BCUT2D eigenvalue weighted by Crippen LogP contribution is 2.21. The van der Waals surface area contributed by atoms with E-state index < -0.39 is 0 Å². The van der Waals surface area contributed by atoms with Crippen LogP contribution in [-0.2, 0) is 16.0 Å². The molecule has 126 valence electrons. The van der Waals surface area contributed by atoms with Gasteiger partial charge < -0.3 is 14.7 Å². The van der Waals surface area contributed by atoms with E-state index in [1.54, 1.807) is 11.8 Å². The van der Waals surface area contributed by atoms with Crippen molar-refractivity contribution in [1.29, 1.82) is 0 Å². The molecule has 2 amide bonds. The van der Waals surface area contributed by atoms with Crippen LogP contribution >= 0.6 is 0 Å². The third-order valence-electron chi connectivity index (χ3n) is 4.74. The van der Waals surface area contributed by atoms with Crippen LogP contribution in [0.5, 0.6) is 0 Å². The number of aromatic nitrogens is 2. The number of hydrogen-bond donors (Lipinski definition) is 1. The second-order valence-electron chi connectivity index (χ2n) is 6.55. The maximum Gasteiger partial charge on any atom is 0.227 e. The average Bonchev–Trinajstić information content (AvgIpc) is 3.26. The first kappa shape index (κ1) is 16.0. The highest BCUT2D eigenvalue weighted by Gasteiger charge is 2.32. The zero-order valence-corrected chi connectivity index (χ0v) is 13.6. The van der Waals surface area contributed by atoms with Gasteiger partial charge in [0.15, 0.2) is 5.82 Å². The Morgan fingerprint density at radius 2 is 2.09 bits per heavy atom. The molecular formula is C16H24N4O3. The lowest BCUT2D eigenvalue weighted by Crippen LogP contribution is -2.39. The van der Waals surface area contributed by atoms with E-state index in [4.69, 9.17) is 4.52 Å². The minimum absolute atomic E-state index is 0.0528. The molecule has 1 N–H and O–H groups in total. The quantitative estimate of drug-likeness (QED) is 0.881. The van der Waals surface area contributed by atoms with Gasteiger partial charge in [-0.3, -0.25) is 9.59 Å². The van der Waals surface area contributed by atoms with Crippen LogP contribution in [0.3, 0.4) is 0 Å². The number of carbonyl (C=O) groups is 2. The van der Waals surface area contributed by atoms with Crippen molar-refractivity contribution >= 4 is 11.8 Å². The molecule has 0 aromatic carbocycles. The molecule has 0 unspecified atom stereocenters. The number of aryl methyl sites for hydroxylation is 2. The normalized spacial score (nSPS) is 21.8. The Kier molecular flexibility index (Phi) is 4.93. The molecule has 0 spiro atoms. The number of hydrogen-bond acceptors (Lipinski definition) is 5. The van der Waals surface area contributed by atoms with Crippen LogP contribution in [0.15, 0.2) is 4.52 Å². The van der Waals surface area contributed by atoms with Crippen molar-refractivity contribution in [3.8, 4) is 0 Å². The highest BCUT2D eigenvalue weighted by atomic mass is 16.5. The zero-order valence-electron chi connectivity index (χ0n) is 13.6. The number of nitrogens with zero attached hydrogens (tertiary/aromatic N) is 3. The van der Waals surface area contributed by atoms with Gasteiger partial charge in [-0.25, -0.2) is 0 Å². The Balaban J connectivity index is 1.43. The summed E-state index contributed by atoms with van der Waals surface area (Å²) in [6.07, 6.45) is 6.14. The summed E-state index contributed by atoms with van der Waals surface area (Å²) in [5.41, 5.74) is 0. The first-order valence-corrected chi connectivity index (χ1v) is 8.49. The minimum atomic E-state index is -0.0646. The van der Waals surface area contributed by atoms with E-state index in [-0.39, 0.29) is 17.7 Å². The van der Waals surface area contributed by atoms with Gasteiger partial charge in [0.25, 0.3) is 0 Å². The summed E-state index contributed by atoms with van der Waals surface area (Å²) in [4.78, 5) is 30.4. The maximum atomic E-state index is 12.3. The monoisotopic (exact) mass is 320 g/mol. The number of rotatable bonds is 5. The van der Waals surface area contributed by atoms with Crippen LogP contribution < -0.4 is 5.32 Å². The van der Waals surface area contributed by atoms with E-state index >= 15 is 0 Å². The number of amides is 2. The van der Waals surface area contributed by atoms with Crippen molar-refractivity contribution in [2.24, 2.45) is 5.92 Å². The van der Waals surface area contributed by atoms with Crippen LogP contribution in [0.25, 0.3) is 0 Å². The number of likely N-dealkylation sites (tertiary alicyclic amines) is 1. The standard InChI is InChI=1S/C16H24N4O3/c1-11-17-14(23-19-11)6-7-15(21)20-9-8-12(10-20)16(22)18-13-4-2-3-5-13/h12-13H,2-10H2,1H3,(H,18,22)/t12-/m0/s1. The van der Waals surface area contributed by atoms with Gasteiger partial charge in [0.05, 0.1) is 5.92 Å². The third-order valence-corrected chi connectivity index (χ3v) is 4.74. The summed E-state index contributed by atoms with van der Waals surface area (Å²) >= 11 is 0. The van der Waals surface area contributed by atoms with Gasteiger partial charge in [0.1, 0.15) is 0 Å². The van der Waals surface area contributed by atoms with Gasteiger partial charge in [-0.05, 0) is 26.2 Å². The summed E-state index contributed by atoms with van der Waals surface area (Å²) in [5, 5.41) is 6.84. The molecule has 7 heteroatoms. The molecule has 2 heterocycles. The molecule has 1 atom stereocenters. The Morgan fingerprint density at radius 1 is 1.30 bits per heavy atom. The van der Waals surface area contributed by atoms with Crippen molar-refractivity contribution < 1.29 is 14.1 Å². The molecule has 1 saturated heterocycles. The van der Waals surface area contributed by atoms with Gasteiger partial charge >= 0.3 is 0 Å². The van der Waals surface area contributed by atoms with E-state index in [0.29, 0.717) is 43.7 Å². The first-order valence-electron chi connectivity index (χ1n) is 8.49. The first-order chi connectivity index (χ1) is 11.1. The molecular weight excluding hydrogens is 296 g/mol. The van der Waals surface area contributed by atoms with Crippen LogP contribution in [-0.4, -0.2) is 46.0 Å². The van der Waals surface area contributed by atoms with Crippen LogP contribution in [0.1, 0.15) is 50.2 Å². The lowest BCUT2D eigenvalue weighted by atomic mass is 10.1. The van der Waals surface area contributed by atoms with Gasteiger partial charge in [0.2, 0.25) is 17.7 Å². The smallest absolute Gasteiger partial charge is 0.227 e. The molecule has 0 bridgehead atoms. The predicted octanol–water partition coefficient (Wildman–Crippen LogP) is 1.22. The Bertz CT molecular complexity index is 565. The minimum Gasteiger partial charge on any atom is -0.353 e. The fourth-order valence-electron chi connectivity index (χ4n) is 3.40. The van der Waals surface area contributed by atoms with Crippen molar-refractivity contribution in [2.75, 3.05) is 13.1 Å². The summed E-state index contributed by atoms with van der Waals surface area (Å²) in [6, 6.07) is 0.341. The summed E-state index contributed by atoms with van der Waals surface area (Å²) in [5.74, 6) is 1.17. The van der Waals surface area contributed by atoms with Gasteiger partial charge in [-0.15, -0.1) is 0 Å². The van der Waals surface area contributed by atoms with Crippen LogP contribution in [0, 0.1) is 12.8 Å². The molecule has 2 aliphatic rings. The fraction of sp³-hybridized carbons (Fsp3) is 0.750. The lowest BCUT2D eigenvalue weighted by Gasteiger charge is -2.18. The Hall–Kier alpha value is -1.92. The zero-order chi connectivity index (χ0) is 16.2. The SMILES string of the molecule is Cc1noc(CCC(=O)N2CC[C@H](C(=O)NC3CCCC3)C2)n1. The molecule has 1 aromatic rings. The topological polar surface area (TPSA) is 88.3 Å². The largest absolute Gasteiger partial charge is 0.353 e. The maximum absolute atomic E-state index is 12.3. The second kappa shape index (κ2) is 7.10. The van der Waals surface area contributed by atoms with Crippen molar-refractivity contribution in [2.45, 2.75) is 57.9 Å². The molecule has 3 rings (SSSR count). The Labute approximate surface area is 135 Å². The van der Waals surface area contributed by atoms with Gasteiger partial charge in [0, 0.05) is 32.0 Å². The van der Waals surface area contributed by atoms with E-state index in [2.05, 4.69) is 15.5 Å². The van der Waals surface area contributed by atoms with Crippen molar-refractivity contribution in [3.05, 3.63) is 11.7 Å². The molecule has 23 heavy (non-hydrogen) atoms. The summed E-state index contributed by atoms with van der Waals surface area (Å²) in [6.45, 7) is 2.94. The lowest BCUT2D eigenvalue weighted by molar-refractivity contribution is -0.130. The van der Waals surface area contributed by atoms with Crippen LogP contribution in [0.4, 0.5) is 0 Å². The van der Waals surface area contributed by atoms with E-state index in [0.717, 1.165) is 19.3 Å². The molecule has 0 radical (unpaired) electrons. The third kappa shape index (κ3) is 4.09. The van der Waals surface area contributed by atoms with E-state index in [1.807, 2.05) is 0 Å². The molecule has 1 aromatic heterocycles. The van der Waals surface area contributed by atoms with E-state index in [1.165, 1.54) is 12.8 Å². The van der Waals surface area contributed by atoms with Crippen molar-refractivity contribution in [3.63, 3.8) is 0 Å². The van der Waals surface area contributed by atoms with E-state index in [9.17, 15) is 9.59 Å². The number of nitrogens with one attached hydrogen (secondary N) is 1. The average molecular weight is 320 g/mol. The van der Waals surface area contributed by atoms with Crippen LogP contribution in [0.2, 0.25) is 0 Å². The summed E-state index contributed by atoms with van der Waals surface area (Å²) in [7, 11) is 0. The molecule has 7 nitrogen and oxygen atoms in total. The van der Waals surface area contributed by atoms with Crippen molar-refractivity contribution in [1.82, 2.24) is 20.4 Å². The molecule has 1 aliphatic carbocycles. The molecule has 2 fully saturated rings. The summed E-state index contributed by atoms with van der Waals surface area (Å²) < 4.78 is 5.02. The second-order valence-corrected chi connectivity index (χ2v) is 6.55. The molecule has 1 saturated carbocycles. The van der Waals surface area contributed by atoms with Gasteiger partial charge in [-0.1, -0.05) is 18.0 Å². The predicted molar refractivity (Wildman–Crippen MR) is 82.4 cm³/mol. The molecule has 1 aliphatic heterocycles. The fourth-order valence-corrected chi connectivity index (χ4v) is 3.40. The Morgan fingerprint density at radius 3 is 2.78 bits per heavy atom. The van der Waals surface area contributed by atoms with Gasteiger partial charge in [-0.2, -0.15) is 4.98 Å².